The molecule has 100 valence electrons. The number of carbonyl (C=O) groups excluding carboxylic acids is 1. The van der Waals surface area contributed by atoms with E-state index < -0.39 is 5.82 Å². The van der Waals surface area contributed by atoms with Gasteiger partial charge in [0.1, 0.15) is 11.0 Å². The van der Waals surface area contributed by atoms with Gasteiger partial charge >= 0.3 is 0 Å². The predicted octanol–water partition coefficient (Wildman–Crippen LogP) is 2.53. The Morgan fingerprint density at radius 2 is 2.21 bits per heavy atom. The van der Waals surface area contributed by atoms with Gasteiger partial charge < -0.3 is 5.73 Å². The summed E-state index contributed by atoms with van der Waals surface area (Å²) in [5.74, 6) is -0.776. The van der Waals surface area contributed by atoms with Gasteiger partial charge in [-0.15, -0.1) is 0 Å². The molecule has 0 aliphatic rings. The molecule has 2 aromatic rings. The molecular formula is C13H13ClFN3O. The summed E-state index contributed by atoms with van der Waals surface area (Å²) in [6, 6.07) is 3.73. The number of hydrogen-bond acceptors (Lipinski definition) is 3. The molecule has 0 saturated heterocycles. The minimum absolute atomic E-state index is 0.0478. The van der Waals surface area contributed by atoms with E-state index in [1.807, 2.05) is 0 Å². The first-order valence-corrected chi connectivity index (χ1v) is 6.04. The van der Waals surface area contributed by atoms with Crippen LogP contribution in [0.15, 0.2) is 18.2 Å². The van der Waals surface area contributed by atoms with Gasteiger partial charge in [0.05, 0.1) is 5.69 Å². The molecule has 0 radical (unpaired) electrons. The number of carbonyl (C=O) groups is 1. The summed E-state index contributed by atoms with van der Waals surface area (Å²) in [4.78, 5) is 12.2. The highest BCUT2D eigenvalue weighted by Crippen LogP contribution is 2.22. The molecule has 0 amide bonds. The summed E-state index contributed by atoms with van der Waals surface area (Å²) in [5, 5.41) is 4.53. The van der Waals surface area contributed by atoms with Crippen LogP contribution in [0.25, 0.3) is 0 Å². The van der Waals surface area contributed by atoms with Crippen molar-refractivity contribution in [1.82, 2.24) is 9.78 Å². The van der Waals surface area contributed by atoms with Crippen molar-refractivity contribution >= 4 is 23.1 Å². The lowest BCUT2D eigenvalue weighted by Crippen LogP contribution is -2.08. The first kappa shape index (κ1) is 13.5. The molecule has 0 aliphatic carbocycles. The van der Waals surface area contributed by atoms with Crippen LogP contribution >= 0.6 is 11.6 Å². The number of Topliss-reactive ketones (excluding diaryl/α,β-unsaturated/α-hetero) is 1. The molecule has 0 spiro atoms. The zero-order chi connectivity index (χ0) is 14.2. The highest BCUT2D eigenvalue weighted by molar-refractivity contribution is 6.30. The van der Waals surface area contributed by atoms with Crippen LogP contribution in [0.2, 0.25) is 5.15 Å². The lowest BCUT2D eigenvalue weighted by Gasteiger charge is -2.05. The van der Waals surface area contributed by atoms with Gasteiger partial charge in [-0.2, -0.15) is 5.10 Å². The number of anilines is 1. The third kappa shape index (κ3) is 2.61. The number of aromatic nitrogens is 2. The maximum atomic E-state index is 13.2. The predicted molar refractivity (Wildman–Crippen MR) is 71.8 cm³/mol. The van der Waals surface area contributed by atoms with E-state index in [1.165, 1.54) is 16.8 Å². The van der Waals surface area contributed by atoms with E-state index in [-0.39, 0.29) is 23.5 Å². The maximum absolute atomic E-state index is 13.2. The number of nitrogens with zero attached hydrogens (tertiary/aromatic N) is 2. The summed E-state index contributed by atoms with van der Waals surface area (Å²) in [6.45, 7) is 1.77. The van der Waals surface area contributed by atoms with Crippen molar-refractivity contribution in [2.75, 3.05) is 5.73 Å². The van der Waals surface area contributed by atoms with E-state index in [4.69, 9.17) is 17.3 Å². The summed E-state index contributed by atoms with van der Waals surface area (Å²) in [7, 11) is 1.69. The monoisotopic (exact) mass is 281 g/mol. The Morgan fingerprint density at radius 3 is 2.79 bits per heavy atom. The number of halogens is 2. The second-order valence-electron chi connectivity index (χ2n) is 4.31. The van der Waals surface area contributed by atoms with Crippen LogP contribution in [-0.4, -0.2) is 15.6 Å². The quantitative estimate of drug-likeness (QED) is 0.695. The third-order valence-electron chi connectivity index (χ3n) is 2.92. The molecule has 0 unspecified atom stereocenters. The standard InChI is InChI=1S/C13H13ClFN3O/c1-7-9(13(14)18(2)17-7)6-12(19)10-5-8(15)3-4-11(10)16/h3-5H,6,16H2,1-2H3. The van der Waals surface area contributed by atoms with E-state index in [0.29, 0.717) is 16.4 Å². The number of hydrogen-bond donors (Lipinski definition) is 1. The molecule has 0 fully saturated rings. The van der Waals surface area contributed by atoms with Gasteiger partial charge in [0.25, 0.3) is 0 Å². The van der Waals surface area contributed by atoms with Gasteiger partial charge in [-0.05, 0) is 25.1 Å². The molecule has 1 heterocycles. The van der Waals surface area contributed by atoms with E-state index in [0.717, 1.165) is 6.07 Å². The number of nitrogen functional groups attached to an aromatic ring is 1. The van der Waals surface area contributed by atoms with Crippen molar-refractivity contribution < 1.29 is 9.18 Å². The second-order valence-corrected chi connectivity index (χ2v) is 4.67. The number of aryl methyl sites for hydroxylation is 2. The van der Waals surface area contributed by atoms with E-state index in [1.54, 1.807) is 14.0 Å². The van der Waals surface area contributed by atoms with Crippen LogP contribution in [0.1, 0.15) is 21.6 Å². The van der Waals surface area contributed by atoms with Crippen LogP contribution in [0.4, 0.5) is 10.1 Å². The van der Waals surface area contributed by atoms with E-state index in [9.17, 15) is 9.18 Å². The van der Waals surface area contributed by atoms with Crippen LogP contribution in [0.5, 0.6) is 0 Å². The number of benzene rings is 1. The van der Waals surface area contributed by atoms with Crippen molar-refractivity contribution in [1.29, 1.82) is 0 Å². The number of ketones is 1. The molecule has 1 aromatic heterocycles. The van der Waals surface area contributed by atoms with Gasteiger partial charge in [0.2, 0.25) is 0 Å². The average molecular weight is 282 g/mol. The summed E-state index contributed by atoms with van der Waals surface area (Å²) in [5.41, 5.74) is 7.42. The molecule has 0 aliphatic heterocycles. The lowest BCUT2D eigenvalue weighted by atomic mass is 10.0. The fraction of sp³-hybridized carbons (Fsp3) is 0.231. The fourth-order valence-electron chi connectivity index (χ4n) is 1.90. The Kier molecular flexibility index (Phi) is 3.57. The second kappa shape index (κ2) is 5.01. The van der Waals surface area contributed by atoms with Crippen molar-refractivity contribution in [3.63, 3.8) is 0 Å². The van der Waals surface area contributed by atoms with Crippen LogP contribution < -0.4 is 5.73 Å². The van der Waals surface area contributed by atoms with Gasteiger partial charge in [0, 0.05) is 30.3 Å². The topological polar surface area (TPSA) is 60.9 Å². The minimum atomic E-state index is -0.494. The minimum Gasteiger partial charge on any atom is -0.398 e. The Bertz CT molecular complexity index is 652. The summed E-state index contributed by atoms with van der Waals surface area (Å²) >= 11 is 6.06. The normalized spacial score (nSPS) is 10.7. The van der Waals surface area contributed by atoms with Gasteiger partial charge in [0.15, 0.2) is 5.78 Å². The van der Waals surface area contributed by atoms with Gasteiger partial charge in [-0.3, -0.25) is 9.48 Å². The average Bonchev–Trinajstić information content (AvgIpc) is 2.59. The van der Waals surface area contributed by atoms with E-state index in [2.05, 4.69) is 5.10 Å². The zero-order valence-corrected chi connectivity index (χ0v) is 11.3. The Hall–Kier alpha value is -1.88. The molecule has 4 nitrogen and oxygen atoms in total. The molecule has 0 atom stereocenters. The molecule has 0 saturated carbocycles. The molecular weight excluding hydrogens is 269 g/mol. The van der Waals surface area contributed by atoms with Crippen molar-refractivity contribution in [3.05, 3.63) is 46.0 Å². The van der Waals surface area contributed by atoms with Crippen LogP contribution in [-0.2, 0) is 13.5 Å². The van der Waals surface area contributed by atoms with E-state index >= 15 is 0 Å². The maximum Gasteiger partial charge on any atom is 0.169 e. The summed E-state index contributed by atoms with van der Waals surface area (Å²) in [6.07, 6.45) is 0.0478. The molecule has 1 aromatic carbocycles. The van der Waals surface area contributed by atoms with Crippen molar-refractivity contribution in [2.24, 2.45) is 7.05 Å². The SMILES string of the molecule is Cc1nn(C)c(Cl)c1CC(=O)c1cc(F)ccc1N. The number of rotatable bonds is 3. The van der Waals surface area contributed by atoms with Gasteiger partial charge in [-0.1, -0.05) is 11.6 Å². The van der Waals surface area contributed by atoms with Crippen molar-refractivity contribution in [2.45, 2.75) is 13.3 Å². The zero-order valence-electron chi connectivity index (χ0n) is 10.6. The molecule has 6 heteroatoms. The highest BCUT2D eigenvalue weighted by Gasteiger charge is 2.18. The lowest BCUT2D eigenvalue weighted by molar-refractivity contribution is 0.0993. The molecule has 2 N–H and O–H groups in total. The largest absolute Gasteiger partial charge is 0.398 e. The molecule has 0 bridgehead atoms. The Labute approximate surface area is 115 Å². The van der Waals surface area contributed by atoms with Gasteiger partial charge in [-0.25, -0.2) is 4.39 Å². The van der Waals surface area contributed by atoms with Crippen molar-refractivity contribution in [3.8, 4) is 0 Å². The third-order valence-corrected chi connectivity index (χ3v) is 3.40. The number of nitrogens with two attached hydrogens (primary N) is 1. The molecule has 19 heavy (non-hydrogen) atoms. The van der Waals surface area contributed by atoms with Crippen LogP contribution in [0.3, 0.4) is 0 Å². The Morgan fingerprint density at radius 1 is 1.53 bits per heavy atom. The first-order valence-electron chi connectivity index (χ1n) is 5.66. The highest BCUT2D eigenvalue weighted by atomic mass is 35.5. The smallest absolute Gasteiger partial charge is 0.169 e. The first-order chi connectivity index (χ1) is 8.90. The molecule has 2 rings (SSSR count). The Balaban J connectivity index is 2.33. The van der Waals surface area contributed by atoms with Crippen LogP contribution in [0, 0.1) is 12.7 Å². The fourth-order valence-corrected chi connectivity index (χ4v) is 2.14. The summed E-state index contributed by atoms with van der Waals surface area (Å²) < 4.78 is 14.7.